The van der Waals surface area contributed by atoms with Crippen LogP contribution in [0, 0.1) is 0 Å². The number of Topliss-reactive ketones (excluding diaryl/α,β-unsaturated/α-hetero) is 1. The van der Waals surface area contributed by atoms with E-state index in [1.807, 2.05) is 25.1 Å². The van der Waals surface area contributed by atoms with Gasteiger partial charge in [0.2, 0.25) is 13.6 Å². The Kier molecular flexibility index (Phi) is 4.34. The molecular formula is C21H21NO7. The summed E-state index contributed by atoms with van der Waals surface area (Å²) >= 11 is 0. The van der Waals surface area contributed by atoms with E-state index < -0.39 is 12.4 Å². The monoisotopic (exact) mass is 399 g/mol. The van der Waals surface area contributed by atoms with Gasteiger partial charge < -0.3 is 33.7 Å². The summed E-state index contributed by atoms with van der Waals surface area (Å²) in [5.74, 6) is 1.89. The van der Waals surface area contributed by atoms with E-state index in [4.69, 9.17) is 23.7 Å². The molecule has 0 saturated heterocycles. The quantitative estimate of drug-likeness (QED) is 0.766. The molecule has 0 fully saturated rings. The number of ether oxygens (including phenoxy) is 5. The van der Waals surface area contributed by atoms with Crippen molar-refractivity contribution in [3.63, 3.8) is 0 Å². The number of nitrogens with zero attached hydrogens (tertiary/aromatic N) is 1. The number of hydrogen-bond donors (Lipinski definition) is 1. The third-order valence-corrected chi connectivity index (χ3v) is 5.34. The van der Waals surface area contributed by atoms with Crippen LogP contribution in [-0.4, -0.2) is 50.0 Å². The van der Waals surface area contributed by atoms with E-state index in [0.717, 1.165) is 12.1 Å². The fourth-order valence-electron chi connectivity index (χ4n) is 3.87. The first-order chi connectivity index (χ1) is 14.0. The number of rotatable bonds is 5. The van der Waals surface area contributed by atoms with Gasteiger partial charge in [0.25, 0.3) is 0 Å². The molecule has 0 spiro atoms. The first-order valence-electron chi connectivity index (χ1n) is 9.40. The zero-order valence-corrected chi connectivity index (χ0v) is 16.1. The van der Waals surface area contributed by atoms with Crippen LogP contribution in [0.5, 0.6) is 23.0 Å². The van der Waals surface area contributed by atoms with Crippen LogP contribution in [0.4, 0.5) is 0 Å². The van der Waals surface area contributed by atoms with Crippen LogP contribution >= 0.6 is 0 Å². The summed E-state index contributed by atoms with van der Waals surface area (Å²) in [6, 6.07) is 7.03. The van der Waals surface area contributed by atoms with Crippen LogP contribution < -0.4 is 18.9 Å². The molecule has 0 bridgehead atoms. The van der Waals surface area contributed by atoms with Crippen molar-refractivity contribution in [2.24, 2.45) is 0 Å². The lowest BCUT2D eigenvalue weighted by molar-refractivity contribution is -0.109. The number of carbonyl (C=O) groups is 1. The minimum atomic E-state index is -1.25. The molecular weight excluding hydrogens is 378 g/mol. The van der Waals surface area contributed by atoms with Crippen molar-refractivity contribution in [3.8, 4) is 23.0 Å². The fraction of sp³-hybridized carbons (Fsp3) is 0.381. The average Bonchev–Trinajstić information content (AvgIpc) is 3.42. The Morgan fingerprint density at radius 1 is 1.07 bits per heavy atom. The second-order valence-electron chi connectivity index (χ2n) is 7.45. The van der Waals surface area contributed by atoms with Crippen molar-refractivity contribution in [3.05, 3.63) is 46.5 Å². The Morgan fingerprint density at radius 2 is 1.79 bits per heavy atom. The van der Waals surface area contributed by atoms with Gasteiger partial charge in [-0.3, -0.25) is 4.79 Å². The molecule has 8 heteroatoms. The molecule has 2 atom stereocenters. The van der Waals surface area contributed by atoms with Crippen molar-refractivity contribution in [1.82, 2.24) is 4.90 Å². The largest absolute Gasteiger partial charge is 0.454 e. The predicted octanol–water partition coefficient (Wildman–Crippen LogP) is 2.19. The Labute approximate surface area is 167 Å². The first kappa shape index (κ1) is 18.2. The van der Waals surface area contributed by atoms with Crippen molar-refractivity contribution in [2.45, 2.75) is 18.8 Å². The molecule has 5 rings (SSSR count). The standard InChI is InChI=1S/C21H21NO7/c1-22(2)6-5-11-7-15-16(27-9-26-15)8-13(11)18(23)19-12-3-4-14-20(28-10-25-14)17(12)21(24)29-19/h3-4,7-8,19,21,24H,5-6,9-10H2,1-2H3/t19-,21-/m0/s1. The van der Waals surface area contributed by atoms with Crippen molar-refractivity contribution in [1.29, 1.82) is 0 Å². The summed E-state index contributed by atoms with van der Waals surface area (Å²) in [7, 11) is 3.95. The summed E-state index contributed by atoms with van der Waals surface area (Å²) < 4.78 is 27.5. The zero-order chi connectivity index (χ0) is 20.1. The maximum Gasteiger partial charge on any atom is 0.231 e. The minimum absolute atomic E-state index is 0.0773. The number of benzene rings is 2. The molecule has 2 aromatic rings. The number of carbonyl (C=O) groups excluding carboxylic acids is 1. The maximum atomic E-state index is 13.5. The van der Waals surface area contributed by atoms with E-state index in [9.17, 15) is 9.90 Å². The number of aliphatic hydroxyl groups excluding tert-OH is 1. The number of likely N-dealkylation sites (N-methyl/N-ethyl adjacent to an activating group) is 1. The van der Waals surface area contributed by atoms with E-state index in [0.29, 0.717) is 46.1 Å². The van der Waals surface area contributed by atoms with Gasteiger partial charge in [0.1, 0.15) is 6.10 Å². The second-order valence-corrected chi connectivity index (χ2v) is 7.45. The van der Waals surface area contributed by atoms with E-state index in [2.05, 4.69) is 0 Å². The predicted molar refractivity (Wildman–Crippen MR) is 101 cm³/mol. The molecule has 0 aliphatic carbocycles. The lowest BCUT2D eigenvalue weighted by Crippen LogP contribution is -2.19. The molecule has 0 unspecified atom stereocenters. The average molecular weight is 399 g/mol. The Balaban J connectivity index is 1.54. The summed E-state index contributed by atoms with van der Waals surface area (Å²) in [5, 5.41) is 10.5. The topological polar surface area (TPSA) is 86.7 Å². The highest BCUT2D eigenvalue weighted by Crippen LogP contribution is 2.50. The molecule has 3 aliphatic heterocycles. The molecule has 29 heavy (non-hydrogen) atoms. The molecule has 3 aliphatic rings. The van der Waals surface area contributed by atoms with E-state index in [-0.39, 0.29) is 19.4 Å². The van der Waals surface area contributed by atoms with Gasteiger partial charge in [-0.15, -0.1) is 0 Å². The van der Waals surface area contributed by atoms with Crippen LogP contribution in [-0.2, 0) is 11.2 Å². The maximum absolute atomic E-state index is 13.5. The van der Waals surface area contributed by atoms with Gasteiger partial charge >= 0.3 is 0 Å². The zero-order valence-electron chi connectivity index (χ0n) is 16.1. The number of aliphatic hydroxyl groups is 1. The Hall–Kier alpha value is -2.81. The fourth-order valence-corrected chi connectivity index (χ4v) is 3.87. The normalized spacial score (nSPS) is 21.0. The molecule has 8 nitrogen and oxygen atoms in total. The lowest BCUT2D eigenvalue weighted by Gasteiger charge is -2.16. The molecule has 0 aromatic heterocycles. The van der Waals surface area contributed by atoms with E-state index >= 15 is 0 Å². The minimum Gasteiger partial charge on any atom is -0.454 e. The van der Waals surface area contributed by atoms with Crippen LogP contribution in [0.1, 0.15) is 39.4 Å². The van der Waals surface area contributed by atoms with Crippen LogP contribution in [0.25, 0.3) is 0 Å². The van der Waals surface area contributed by atoms with Crippen molar-refractivity contribution >= 4 is 5.78 Å². The summed E-state index contributed by atoms with van der Waals surface area (Å²) in [4.78, 5) is 15.5. The van der Waals surface area contributed by atoms with Gasteiger partial charge in [-0.2, -0.15) is 0 Å². The molecule has 3 heterocycles. The van der Waals surface area contributed by atoms with Crippen molar-refractivity contribution < 1.29 is 33.6 Å². The van der Waals surface area contributed by atoms with Gasteiger partial charge in [-0.25, -0.2) is 0 Å². The van der Waals surface area contributed by atoms with Crippen molar-refractivity contribution in [2.75, 3.05) is 34.2 Å². The highest BCUT2D eigenvalue weighted by atomic mass is 16.7. The lowest BCUT2D eigenvalue weighted by atomic mass is 9.93. The highest BCUT2D eigenvalue weighted by Gasteiger charge is 2.41. The van der Waals surface area contributed by atoms with Crippen LogP contribution in [0.15, 0.2) is 24.3 Å². The number of hydrogen-bond acceptors (Lipinski definition) is 8. The second kappa shape index (κ2) is 6.91. The smallest absolute Gasteiger partial charge is 0.231 e. The molecule has 0 radical (unpaired) electrons. The summed E-state index contributed by atoms with van der Waals surface area (Å²) in [5.41, 5.74) is 2.39. The molecule has 2 aromatic carbocycles. The van der Waals surface area contributed by atoms with Gasteiger partial charge in [-0.05, 0) is 44.3 Å². The SMILES string of the molecule is CN(C)CCc1cc2c(cc1C(=O)[C@H]1O[C@H](O)c3c1ccc1c3OCO1)OCO2. The number of ketones is 1. The summed E-state index contributed by atoms with van der Waals surface area (Å²) in [6.07, 6.45) is -1.53. The third-order valence-electron chi connectivity index (χ3n) is 5.34. The van der Waals surface area contributed by atoms with Crippen LogP contribution in [0.2, 0.25) is 0 Å². The Morgan fingerprint density at radius 3 is 2.59 bits per heavy atom. The molecule has 0 amide bonds. The van der Waals surface area contributed by atoms with E-state index in [1.54, 1.807) is 18.2 Å². The highest BCUT2D eigenvalue weighted by molar-refractivity contribution is 6.02. The van der Waals surface area contributed by atoms with Gasteiger partial charge in [0.05, 0.1) is 5.56 Å². The van der Waals surface area contributed by atoms with Gasteiger partial charge in [0, 0.05) is 17.7 Å². The number of fused-ring (bicyclic) bond motifs is 4. The van der Waals surface area contributed by atoms with Crippen LogP contribution in [0.3, 0.4) is 0 Å². The first-order valence-corrected chi connectivity index (χ1v) is 9.40. The molecule has 0 saturated carbocycles. The Bertz CT molecular complexity index is 987. The van der Waals surface area contributed by atoms with Gasteiger partial charge in [0.15, 0.2) is 35.1 Å². The van der Waals surface area contributed by atoms with E-state index in [1.165, 1.54) is 0 Å². The molecule has 1 N–H and O–H groups in total. The van der Waals surface area contributed by atoms with Gasteiger partial charge in [-0.1, -0.05) is 6.07 Å². The summed E-state index contributed by atoms with van der Waals surface area (Å²) in [6.45, 7) is 0.975. The molecule has 152 valence electrons. The third kappa shape index (κ3) is 3.00.